The Bertz CT molecular complexity index is 463. The second kappa shape index (κ2) is 6.91. The van der Waals surface area contributed by atoms with Crippen LogP contribution in [0.2, 0.25) is 0 Å². The van der Waals surface area contributed by atoms with Gasteiger partial charge < -0.3 is 14.8 Å². The largest absolute Gasteiger partial charge is 0.347 e. The maximum Gasteiger partial charge on any atom is 0.170 e. The standard InChI is InChI=1S/C14H23N3O2S2/c1-3-6-15-11-4-5-14(18-7-8-19-14)9-12(11)20-13-16-10(2)17-21-13/h11-12,15H,3-9H2,1-2H3. The number of aromatic nitrogens is 2. The van der Waals surface area contributed by atoms with E-state index in [-0.39, 0.29) is 5.79 Å². The lowest BCUT2D eigenvalue weighted by Gasteiger charge is -2.40. The number of aryl methyl sites for hydroxylation is 1. The van der Waals surface area contributed by atoms with Gasteiger partial charge in [-0.15, -0.1) is 0 Å². The Labute approximate surface area is 134 Å². The van der Waals surface area contributed by atoms with Crippen molar-refractivity contribution in [3.63, 3.8) is 0 Å². The molecule has 2 aliphatic rings. The van der Waals surface area contributed by atoms with Crippen LogP contribution in [0.4, 0.5) is 0 Å². The molecule has 0 amide bonds. The van der Waals surface area contributed by atoms with Gasteiger partial charge in [-0.3, -0.25) is 0 Å². The van der Waals surface area contributed by atoms with Gasteiger partial charge in [0.15, 0.2) is 10.1 Å². The first-order valence-electron chi connectivity index (χ1n) is 7.69. The molecule has 118 valence electrons. The van der Waals surface area contributed by atoms with Gasteiger partial charge >= 0.3 is 0 Å². The molecular weight excluding hydrogens is 306 g/mol. The number of rotatable bonds is 5. The van der Waals surface area contributed by atoms with E-state index in [1.165, 1.54) is 11.5 Å². The maximum atomic E-state index is 5.91. The van der Waals surface area contributed by atoms with Gasteiger partial charge in [-0.1, -0.05) is 18.7 Å². The number of hydrogen-bond donors (Lipinski definition) is 1. The highest BCUT2D eigenvalue weighted by atomic mass is 32.2. The zero-order valence-electron chi connectivity index (χ0n) is 12.6. The molecule has 2 fully saturated rings. The smallest absolute Gasteiger partial charge is 0.170 e. The van der Waals surface area contributed by atoms with Crippen molar-refractivity contribution < 1.29 is 9.47 Å². The lowest BCUT2D eigenvalue weighted by Crippen LogP contribution is -2.49. The fourth-order valence-corrected chi connectivity index (χ4v) is 5.27. The zero-order valence-corrected chi connectivity index (χ0v) is 14.3. The molecule has 2 atom stereocenters. The Morgan fingerprint density at radius 3 is 2.90 bits per heavy atom. The first kappa shape index (κ1) is 15.7. The highest BCUT2D eigenvalue weighted by Gasteiger charge is 2.45. The molecule has 7 heteroatoms. The van der Waals surface area contributed by atoms with Crippen LogP contribution in [0.15, 0.2) is 4.34 Å². The number of hydrogen-bond acceptors (Lipinski definition) is 7. The minimum absolute atomic E-state index is 0.345. The summed E-state index contributed by atoms with van der Waals surface area (Å²) in [6.45, 7) is 6.66. The molecular formula is C14H23N3O2S2. The Morgan fingerprint density at radius 2 is 2.24 bits per heavy atom. The van der Waals surface area contributed by atoms with Crippen LogP contribution in [-0.2, 0) is 9.47 Å². The molecule has 21 heavy (non-hydrogen) atoms. The molecule has 1 aliphatic carbocycles. The van der Waals surface area contributed by atoms with E-state index in [9.17, 15) is 0 Å². The average molecular weight is 329 g/mol. The number of nitrogens with zero attached hydrogens (tertiary/aromatic N) is 2. The first-order valence-corrected chi connectivity index (χ1v) is 9.34. The Morgan fingerprint density at radius 1 is 1.43 bits per heavy atom. The number of ether oxygens (including phenoxy) is 2. The third kappa shape index (κ3) is 3.76. The summed E-state index contributed by atoms with van der Waals surface area (Å²) >= 11 is 3.32. The van der Waals surface area contributed by atoms with Crippen molar-refractivity contribution in [1.82, 2.24) is 14.7 Å². The van der Waals surface area contributed by atoms with Gasteiger partial charge in [0.25, 0.3) is 0 Å². The number of thioether (sulfide) groups is 1. The molecule has 1 aromatic heterocycles. The fraction of sp³-hybridized carbons (Fsp3) is 0.857. The summed E-state index contributed by atoms with van der Waals surface area (Å²) in [7, 11) is 0. The first-order chi connectivity index (χ1) is 10.2. The Kier molecular flexibility index (Phi) is 5.16. The summed E-state index contributed by atoms with van der Waals surface area (Å²) in [5.74, 6) is 0.515. The van der Waals surface area contributed by atoms with Gasteiger partial charge in [0.05, 0.1) is 13.2 Å². The highest BCUT2D eigenvalue weighted by Crippen LogP contribution is 2.42. The SMILES string of the molecule is CCCNC1CCC2(CC1Sc1nc(C)ns1)OCCO2. The second-order valence-electron chi connectivity index (χ2n) is 5.67. The minimum atomic E-state index is -0.345. The van der Waals surface area contributed by atoms with Crippen LogP contribution in [0, 0.1) is 6.92 Å². The normalized spacial score (nSPS) is 28.3. The Hall–Kier alpha value is -0.210. The van der Waals surface area contributed by atoms with Crippen LogP contribution in [0.5, 0.6) is 0 Å². The molecule has 3 rings (SSSR count). The lowest BCUT2D eigenvalue weighted by atomic mass is 9.89. The molecule has 1 aliphatic heterocycles. The molecule has 0 bridgehead atoms. The third-order valence-electron chi connectivity index (χ3n) is 4.03. The van der Waals surface area contributed by atoms with Crippen molar-refractivity contribution in [3.05, 3.63) is 5.82 Å². The van der Waals surface area contributed by atoms with Crippen LogP contribution < -0.4 is 5.32 Å². The fourth-order valence-electron chi connectivity index (χ4n) is 3.01. The topological polar surface area (TPSA) is 56.3 Å². The summed E-state index contributed by atoms with van der Waals surface area (Å²) in [5, 5.41) is 4.11. The lowest BCUT2D eigenvalue weighted by molar-refractivity contribution is -0.178. The van der Waals surface area contributed by atoms with Crippen molar-refractivity contribution in [3.8, 4) is 0 Å². The molecule has 5 nitrogen and oxygen atoms in total. The molecule has 1 saturated carbocycles. The molecule has 1 N–H and O–H groups in total. The summed E-state index contributed by atoms with van der Waals surface area (Å²) in [5.41, 5.74) is 0. The Balaban J connectivity index is 1.69. The average Bonchev–Trinajstić information content (AvgIpc) is 3.08. The summed E-state index contributed by atoms with van der Waals surface area (Å²) in [6.07, 6.45) is 4.16. The van der Waals surface area contributed by atoms with E-state index in [1.54, 1.807) is 0 Å². The van der Waals surface area contributed by atoms with Gasteiger partial charge in [0.1, 0.15) is 5.82 Å². The molecule has 0 radical (unpaired) electrons. The van der Waals surface area contributed by atoms with Crippen LogP contribution in [-0.4, -0.2) is 46.2 Å². The molecule has 1 spiro atoms. The molecule has 1 aromatic rings. The van der Waals surface area contributed by atoms with Gasteiger partial charge in [0.2, 0.25) is 0 Å². The van der Waals surface area contributed by atoms with Crippen molar-refractivity contribution in [2.45, 2.75) is 60.9 Å². The van der Waals surface area contributed by atoms with Gasteiger partial charge in [0, 0.05) is 24.1 Å². The third-order valence-corrected chi connectivity index (χ3v) is 6.23. The predicted molar refractivity (Wildman–Crippen MR) is 84.9 cm³/mol. The summed E-state index contributed by atoms with van der Waals surface area (Å²) in [6, 6.07) is 0.498. The van der Waals surface area contributed by atoms with E-state index in [1.807, 2.05) is 18.7 Å². The van der Waals surface area contributed by atoms with Crippen LogP contribution in [0.25, 0.3) is 0 Å². The summed E-state index contributed by atoms with van der Waals surface area (Å²) in [4.78, 5) is 4.50. The highest BCUT2D eigenvalue weighted by molar-refractivity contribution is 8.01. The van der Waals surface area contributed by atoms with Crippen molar-refractivity contribution in [2.75, 3.05) is 19.8 Å². The van der Waals surface area contributed by atoms with E-state index in [0.29, 0.717) is 11.3 Å². The number of nitrogens with one attached hydrogen (secondary N) is 1. The molecule has 0 aromatic carbocycles. The maximum absolute atomic E-state index is 5.91. The van der Waals surface area contributed by atoms with Gasteiger partial charge in [-0.2, -0.15) is 4.37 Å². The molecule has 2 heterocycles. The van der Waals surface area contributed by atoms with Gasteiger partial charge in [-0.25, -0.2) is 4.98 Å². The quantitative estimate of drug-likeness (QED) is 0.896. The summed E-state index contributed by atoms with van der Waals surface area (Å²) < 4.78 is 17.2. The second-order valence-corrected chi connectivity index (χ2v) is 7.91. The van der Waals surface area contributed by atoms with E-state index < -0.39 is 0 Å². The van der Waals surface area contributed by atoms with Crippen molar-refractivity contribution in [1.29, 1.82) is 0 Å². The van der Waals surface area contributed by atoms with Crippen LogP contribution in [0.3, 0.4) is 0 Å². The van der Waals surface area contributed by atoms with Crippen molar-refractivity contribution in [2.24, 2.45) is 0 Å². The van der Waals surface area contributed by atoms with Crippen LogP contribution in [0.1, 0.15) is 38.4 Å². The predicted octanol–water partition coefficient (Wildman–Crippen LogP) is 2.60. The molecule has 2 unspecified atom stereocenters. The van der Waals surface area contributed by atoms with E-state index in [0.717, 1.165) is 55.6 Å². The van der Waals surface area contributed by atoms with Gasteiger partial charge in [-0.05, 0) is 37.8 Å². The van der Waals surface area contributed by atoms with Crippen molar-refractivity contribution >= 4 is 23.3 Å². The van der Waals surface area contributed by atoms with Crippen LogP contribution >= 0.6 is 23.3 Å². The zero-order chi connectivity index (χ0) is 14.7. The van der Waals surface area contributed by atoms with E-state index in [4.69, 9.17) is 9.47 Å². The molecule has 1 saturated heterocycles. The minimum Gasteiger partial charge on any atom is -0.347 e. The van der Waals surface area contributed by atoms with E-state index >= 15 is 0 Å². The monoisotopic (exact) mass is 329 g/mol. The van der Waals surface area contributed by atoms with E-state index in [2.05, 4.69) is 21.6 Å².